The van der Waals surface area contributed by atoms with Crippen LogP contribution >= 0.6 is 0 Å². The third-order valence-electron chi connectivity index (χ3n) is 1.14. The van der Waals surface area contributed by atoms with Gasteiger partial charge in [0.1, 0.15) is 0 Å². The molecule has 0 aliphatic rings. The molecule has 0 atom stereocenters. The van der Waals surface area contributed by atoms with Crippen molar-refractivity contribution in [2.45, 2.75) is 19.0 Å². The van der Waals surface area contributed by atoms with E-state index in [2.05, 4.69) is 5.32 Å². The Hall–Kier alpha value is -0.780. The third-order valence-corrected chi connectivity index (χ3v) is 1.14. The molecule has 0 bridgehead atoms. The van der Waals surface area contributed by atoms with Crippen LogP contribution in [0.1, 0.15) is 12.8 Å². The number of nitrogens with one attached hydrogen (secondary N) is 1. The second-order valence-corrected chi connectivity index (χ2v) is 2.27. The quantitative estimate of drug-likeness (QED) is 0.621. The van der Waals surface area contributed by atoms with Gasteiger partial charge in [-0.3, -0.25) is 4.79 Å². The largest absolute Gasteiger partial charge is 0.389 e. The molecule has 0 aliphatic heterocycles. The van der Waals surface area contributed by atoms with Crippen LogP contribution in [0.5, 0.6) is 0 Å². The zero-order chi connectivity index (χ0) is 9.61. The Morgan fingerprint density at radius 1 is 1.42 bits per heavy atom. The fourth-order valence-corrected chi connectivity index (χ4v) is 0.589. The van der Waals surface area contributed by atoms with Gasteiger partial charge in [-0.05, 0) is 6.42 Å². The Kier molecular flexibility index (Phi) is 4.65. The normalized spacial score (nSPS) is 11.3. The molecule has 0 unspecified atom stereocenters. The molecule has 0 aromatic heterocycles. The zero-order valence-corrected chi connectivity index (χ0v) is 6.45. The molecule has 0 fully saturated rings. The fraction of sp³-hybridized carbons (Fsp3) is 0.833. The van der Waals surface area contributed by atoms with Crippen LogP contribution in [0, 0.1) is 0 Å². The van der Waals surface area contributed by atoms with Gasteiger partial charge >= 0.3 is 6.18 Å². The summed E-state index contributed by atoms with van der Waals surface area (Å²) < 4.78 is 34.6. The number of halogens is 3. The highest BCUT2D eigenvalue weighted by Crippen LogP contribution is 2.20. The molecular weight excluding hydrogens is 173 g/mol. The van der Waals surface area contributed by atoms with E-state index in [-0.39, 0.29) is 19.5 Å². The Morgan fingerprint density at radius 3 is 2.42 bits per heavy atom. The molecule has 0 rings (SSSR count). The highest BCUT2D eigenvalue weighted by molar-refractivity contribution is 5.77. The molecule has 0 spiro atoms. The molecule has 72 valence electrons. The average molecular weight is 184 g/mol. The van der Waals surface area contributed by atoms with Gasteiger partial charge in [0.05, 0.1) is 6.54 Å². The minimum absolute atomic E-state index is 0.0234. The summed E-state index contributed by atoms with van der Waals surface area (Å²) in [4.78, 5) is 10.4. The third kappa shape index (κ3) is 7.33. The van der Waals surface area contributed by atoms with E-state index in [1.807, 2.05) is 0 Å². The smallest absolute Gasteiger partial charge is 0.355 e. The van der Waals surface area contributed by atoms with Crippen molar-refractivity contribution in [1.82, 2.24) is 5.32 Å². The molecule has 0 aromatic carbocycles. The molecule has 0 saturated heterocycles. The van der Waals surface area contributed by atoms with E-state index < -0.39 is 18.5 Å². The molecule has 12 heavy (non-hydrogen) atoms. The van der Waals surface area contributed by atoms with Gasteiger partial charge in [0, 0.05) is 13.0 Å². The van der Waals surface area contributed by atoms with Crippen LogP contribution in [0.15, 0.2) is 0 Å². The Labute approximate surface area is 68.1 Å². The first kappa shape index (κ1) is 11.2. The maximum atomic E-state index is 11.5. The maximum Gasteiger partial charge on any atom is 0.389 e. The van der Waals surface area contributed by atoms with Crippen LogP contribution in [0.2, 0.25) is 0 Å². The monoisotopic (exact) mass is 184 g/mol. The number of carbonyl (C=O) groups excluding carboxylic acids is 1. The second kappa shape index (κ2) is 4.97. The Balaban J connectivity index is 3.28. The lowest BCUT2D eigenvalue weighted by atomic mass is 10.3. The predicted octanol–water partition coefficient (Wildman–Crippen LogP) is 0.404. The van der Waals surface area contributed by atoms with Gasteiger partial charge < -0.3 is 11.1 Å². The molecule has 6 heteroatoms. The maximum absolute atomic E-state index is 11.5. The van der Waals surface area contributed by atoms with Crippen molar-refractivity contribution >= 4 is 5.91 Å². The summed E-state index contributed by atoms with van der Waals surface area (Å²) in [6.07, 6.45) is -5.12. The van der Waals surface area contributed by atoms with Gasteiger partial charge in [-0.25, -0.2) is 0 Å². The van der Waals surface area contributed by atoms with Gasteiger partial charge in [0.2, 0.25) is 5.91 Å². The lowest BCUT2D eigenvalue weighted by Crippen LogP contribution is -2.31. The number of alkyl halides is 3. The van der Waals surface area contributed by atoms with Crippen LogP contribution in [-0.4, -0.2) is 25.2 Å². The molecule has 0 saturated carbocycles. The van der Waals surface area contributed by atoms with Crippen molar-refractivity contribution < 1.29 is 18.0 Å². The number of carbonyl (C=O) groups is 1. The fourth-order valence-electron chi connectivity index (χ4n) is 0.589. The highest BCUT2D eigenvalue weighted by atomic mass is 19.4. The zero-order valence-electron chi connectivity index (χ0n) is 6.45. The lowest BCUT2D eigenvalue weighted by Gasteiger charge is -2.06. The van der Waals surface area contributed by atoms with Crippen molar-refractivity contribution in [2.24, 2.45) is 5.73 Å². The van der Waals surface area contributed by atoms with Gasteiger partial charge in [0.15, 0.2) is 0 Å². The van der Waals surface area contributed by atoms with Gasteiger partial charge in [-0.2, -0.15) is 13.2 Å². The van der Waals surface area contributed by atoms with Gasteiger partial charge in [0.25, 0.3) is 0 Å². The van der Waals surface area contributed by atoms with Gasteiger partial charge in [-0.1, -0.05) is 0 Å². The van der Waals surface area contributed by atoms with Crippen molar-refractivity contribution in [3.05, 3.63) is 0 Å². The Morgan fingerprint density at radius 2 is 2.00 bits per heavy atom. The van der Waals surface area contributed by atoms with E-state index in [1.165, 1.54) is 0 Å². The van der Waals surface area contributed by atoms with E-state index in [4.69, 9.17) is 5.73 Å². The summed E-state index contributed by atoms with van der Waals surface area (Å²) in [7, 11) is 0. The van der Waals surface area contributed by atoms with E-state index in [0.29, 0.717) is 0 Å². The van der Waals surface area contributed by atoms with E-state index in [9.17, 15) is 18.0 Å². The molecule has 1 amide bonds. The average Bonchev–Trinajstić information content (AvgIpc) is 1.96. The molecule has 0 radical (unpaired) electrons. The molecule has 3 N–H and O–H groups in total. The topological polar surface area (TPSA) is 55.1 Å². The molecule has 0 heterocycles. The number of rotatable bonds is 4. The molecular formula is C6H11F3N2O. The van der Waals surface area contributed by atoms with Crippen molar-refractivity contribution in [2.75, 3.05) is 13.1 Å². The summed E-state index contributed by atoms with van der Waals surface area (Å²) in [6.45, 7) is -0.165. The number of nitrogens with two attached hydrogens (primary N) is 1. The summed E-state index contributed by atoms with van der Waals surface area (Å²) in [5, 5.41) is 2.24. The highest BCUT2D eigenvalue weighted by Gasteiger charge is 2.25. The molecule has 3 nitrogen and oxygen atoms in total. The summed E-state index contributed by atoms with van der Waals surface area (Å²) in [5.41, 5.74) is 4.91. The van der Waals surface area contributed by atoms with Crippen molar-refractivity contribution in [3.8, 4) is 0 Å². The summed E-state index contributed by atoms with van der Waals surface area (Å²) in [6, 6.07) is 0. The van der Waals surface area contributed by atoms with Crippen LogP contribution in [-0.2, 0) is 4.79 Å². The van der Waals surface area contributed by atoms with Crippen LogP contribution < -0.4 is 11.1 Å². The number of amides is 1. The minimum atomic E-state index is -4.15. The summed E-state index contributed by atoms with van der Waals surface area (Å²) >= 11 is 0. The minimum Gasteiger partial charge on any atom is -0.355 e. The van der Waals surface area contributed by atoms with E-state index >= 15 is 0 Å². The first-order valence-corrected chi connectivity index (χ1v) is 3.49. The molecule has 0 aliphatic carbocycles. The van der Waals surface area contributed by atoms with Crippen LogP contribution in [0.3, 0.4) is 0 Å². The van der Waals surface area contributed by atoms with Gasteiger partial charge in [-0.15, -0.1) is 0 Å². The predicted molar refractivity (Wildman–Crippen MR) is 37.4 cm³/mol. The van der Waals surface area contributed by atoms with E-state index in [1.54, 1.807) is 0 Å². The number of hydrogen-bond acceptors (Lipinski definition) is 2. The summed E-state index contributed by atoms with van der Waals surface area (Å²) in [5.74, 6) is -0.433. The first-order valence-electron chi connectivity index (χ1n) is 3.49. The molecule has 0 aromatic rings. The van der Waals surface area contributed by atoms with Crippen LogP contribution in [0.4, 0.5) is 13.2 Å². The van der Waals surface area contributed by atoms with Crippen molar-refractivity contribution in [1.29, 1.82) is 0 Å². The number of hydrogen-bond donors (Lipinski definition) is 2. The van der Waals surface area contributed by atoms with Crippen molar-refractivity contribution in [3.63, 3.8) is 0 Å². The standard InChI is InChI=1S/C6H11F3N2O/c7-6(8,9)2-1-3-11-5(12)4-10/h1-4,10H2,(H,11,12). The SMILES string of the molecule is NCC(=O)NCCCC(F)(F)F. The second-order valence-electron chi connectivity index (χ2n) is 2.27. The van der Waals surface area contributed by atoms with E-state index in [0.717, 1.165) is 0 Å². The first-order chi connectivity index (χ1) is 5.45. The Bertz CT molecular complexity index is 146. The lowest BCUT2D eigenvalue weighted by molar-refractivity contribution is -0.136. The van der Waals surface area contributed by atoms with Crippen LogP contribution in [0.25, 0.3) is 0 Å².